The largest absolute Gasteiger partial charge is 0.394 e. The van der Waals surface area contributed by atoms with Crippen LogP contribution in [0.3, 0.4) is 0 Å². The molecule has 93 valence electrons. The quantitative estimate of drug-likeness (QED) is 0.780. The van der Waals surface area contributed by atoms with Crippen LogP contribution in [-0.4, -0.2) is 41.4 Å². The van der Waals surface area contributed by atoms with Gasteiger partial charge in [-0.3, -0.25) is 0 Å². The molecule has 4 atom stereocenters. The molecule has 2 N–H and O–H groups in total. The summed E-state index contributed by atoms with van der Waals surface area (Å²) in [4.78, 5) is 0. The Labute approximate surface area is 99.2 Å². The van der Waals surface area contributed by atoms with Crippen LogP contribution in [0.25, 0.3) is 0 Å². The van der Waals surface area contributed by atoms with E-state index in [1.807, 2.05) is 30.3 Å². The van der Waals surface area contributed by atoms with Gasteiger partial charge in [0, 0.05) is 0 Å². The van der Waals surface area contributed by atoms with Crippen LogP contribution in [0.4, 0.5) is 0 Å². The van der Waals surface area contributed by atoms with E-state index in [4.69, 9.17) is 14.6 Å². The predicted octanol–water partition coefficient (Wildman–Crippen LogP) is 0.0804. The second kappa shape index (κ2) is 5.57. The van der Waals surface area contributed by atoms with Crippen LogP contribution in [-0.2, 0) is 21.2 Å². The molecule has 0 spiro atoms. The highest BCUT2D eigenvalue weighted by atomic mass is 16.7. The number of rotatable bonds is 4. The summed E-state index contributed by atoms with van der Waals surface area (Å²) < 4.78 is 10.2. The van der Waals surface area contributed by atoms with Crippen molar-refractivity contribution in [2.75, 3.05) is 6.61 Å². The molecule has 2 rings (SSSR count). The molecule has 5 heteroatoms. The van der Waals surface area contributed by atoms with Gasteiger partial charge in [0.15, 0.2) is 0 Å². The molecule has 5 nitrogen and oxygen atoms in total. The maximum atomic E-state index is 11.4. The van der Waals surface area contributed by atoms with Crippen LogP contribution in [0.5, 0.6) is 0 Å². The van der Waals surface area contributed by atoms with Gasteiger partial charge >= 0.3 is 0 Å². The molecular weight excluding hydrogens is 224 g/mol. The molecule has 0 bridgehead atoms. The van der Waals surface area contributed by atoms with Crippen LogP contribution >= 0.6 is 0 Å². The number of benzene rings is 1. The molecule has 0 aromatic heterocycles. The molecule has 0 aliphatic carbocycles. The zero-order valence-corrected chi connectivity index (χ0v) is 9.23. The Hall–Kier alpha value is -0.980. The van der Waals surface area contributed by atoms with Gasteiger partial charge in [-0.2, -0.15) is 5.11 Å². The van der Waals surface area contributed by atoms with E-state index >= 15 is 0 Å². The van der Waals surface area contributed by atoms with Gasteiger partial charge < -0.3 is 19.7 Å². The summed E-state index contributed by atoms with van der Waals surface area (Å²) in [5.41, 5.74) is 0.916. The maximum Gasteiger partial charge on any atom is 0.220 e. The Morgan fingerprint density at radius 1 is 1.29 bits per heavy atom. The first-order chi connectivity index (χ1) is 8.22. The number of hydrogen-bond acceptors (Lipinski definition) is 4. The van der Waals surface area contributed by atoms with E-state index in [0.29, 0.717) is 0 Å². The highest BCUT2D eigenvalue weighted by Crippen LogP contribution is 2.23. The van der Waals surface area contributed by atoms with Crippen LogP contribution in [0.15, 0.2) is 30.3 Å². The van der Waals surface area contributed by atoms with Gasteiger partial charge in [-0.15, -0.1) is 0 Å². The highest BCUT2D eigenvalue weighted by Gasteiger charge is 2.44. The first-order valence-corrected chi connectivity index (χ1v) is 5.48. The molecule has 1 radical (unpaired) electrons. The summed E-state index contributed by atoms with van der Waals surface area (Å²) in [6.07, 6.45) is -4.32. The zero-order chi connectivity index (χ0) is 12.3. The van der Waals surface area contributed by atoms with E-state index < -0.39 is 24.6 Å². The van der Waals surface area contributed by atoms with E-state index in [-0.39, 0.29) is 13.2 Å². The minimum atomic E-state index is -1.45. The van der Waals surface area contributed by atoms with Crippen molar-refractivity contribution in [2.45, 2.75) is 31.2 Å². The fourth-order valence-corrected chi connectivity index (χ4v) is 1.80. The summed E-state index contributed by atoms with van der Waals surface area (Å²) in [7, 11) is 0. The van der Waals surface area contributed by atoms with E-state index in [1.165, 1.54) is 0 Å². The third-order valence-corrected chi connectivity index (χ3v) is 2.76. The summed E-state index contributed by atoms with van der Waals surface area (Å²) in [5, 5.41) is 30.0. The maximum absolute atomic E-state index is 11.4. The molecule has 0 amide bonds. The van der Waals surface area contributed by atoms with Crippen LogP contribution < -0.4 is 0 Å². The minimum Gasteiger partial charge on any atom is -0.394 e. The van der Waals surface area contributed by atoms with Gasteiger partial charge in [-0.1, -0.05) is 30.3 Å². The Balaban J connectivity index is 1.91. The lowest BCUT2D eigenvalue weighted by molar-refractivity contribution is -0.182. The fraction of sp³-hybridized carbons (Fsp3) is 0.500. The summed E-state index contributed by atoms with van der Waals surface area (Å²) in [5.74, 6) is 0. The third-order valence-electron chi connectivity index (χ3n) is 2.76. The Bertz CT molecular complexity index is 342. The van der Waals surface area contributed by atoms with Gasteiger partial charge in [-0.25, -0.2) is 0 Å². The van der Waals surface area contributed by atoms with Gasteiger partial charge in [0.2, 0.25) is 6.29 Å². The molecule has 1 aromatic carbocycles. The summed E-state index contributed by atoms with van der Waals surface area (Å²) in [6.45, 7) is -0.145. The molecule has 1 aliphatic rings. The molecule has 1 aromatic rings. The van der Waals surface area contributed by atoms with E-state index in [2.05, 4.69) is 0 Å². The molecule has 17 heavy (non-hydrogen) atoms. The Kier molecular flexibility index (Phi) is 4.09. The van der Waals surface area contributed by atoms with Crippen molar-refractivity contribution in [3.05, 3.63) is 35.9 Å². The zero-order valence-electron chi connectivity index (χ0n) is 9.23. The van der Waals surface area contributed by atoms with Crippen molar-refractivity contribution in [1.82, 2.24) is 0 Å². The van der Waals surface area contributed by atoms with Crippen molar-refractivity contribution < 1.29 is 24.8 Å². The van der Waals surface area contributed by atoms with E-state index in [9.17, 15) is 10.2 Å². The lowest BCUT2D eigenvalue weighted by Crippen LogP contribution is -2.35. The summed E-state index contributed by atoms with van der Waals surface area (Å²) >= 11 is 0. The van der Waals surface area contributed by atoms with E-state index in [1.54, 1.807) is 0 Å². The molecule has 1 heterocycles. The highest BCUT2D eigenvalue weighted by molar-refractivity contribution is 5.13. The standard InChI is InChI=1S/C12H15O5/c13-6-9-10(14)11(12(15)17-9)16-7-8-4-2-1-3-5-8/h1-5,9-14H,6-7H2/t9-,10-,11+,12?/m1/s1. The number of aliphatic hydroxyl groups excluding tert-OH is 2. The SMILES string of the molecule is [O]C1O[C@H](CO)[C@@H](O)[C@@H]1OCc1ccccc1. The molecule has 1 fully saturated rings. The second-order valence-electron chi connectivity index (χ2n) is 3.98. The van der Waals surface area contributed by atoms with Crippen LogP contribution in [0.2, 0.25) is 0 Å². The Morgan fingerprint density at radius 3 is 2.59 bits per heavy atom. The molecular formula is C12H15O5. The first-order valence-electron chi connectivity index (χ1n) is 5.48. The Morgan fingerprint density at radius 2 is 2.00 bits per heavy atom. The number of hydrogen-bond donors (Lipinski definition) is 2. The number of ether oxygens (including phenoxy) is 2. The van der Waals surface area contributed by atoms with E-state index in [0.717, 1.165) is 5.56 Å². The molecule has 1 aliphatic heterocycles. The smallest absolute Gasteiger partial charge is 0.220 e. The average Bonchev–Trinajstić information content (AvgIpc) is 2.63. The fourth-order valence-electron chi connectivity index (χ4n) is 1.80. The van der Waals surface area contributed by atoms with Crippen molar-refractivity contribution in [3.63, 3.8) is 0 Å². The second-order valence-corrected chi connectivity index (χ2v) is 3.98. The minimum absolute atomic E-state index is 0.239. The van der Waals surface area contributed by atoms with Crippen molar-refractivity contribution in [2.24, 2.45) is 0 Å². The average molecular weight is 239 g/mol. The molecule has 0 saturated carbocycles. The van der Waals surface area contributed by atoms with Gasteiger partial charge in [0.05, 0.1) is 13.2 Å². The van der Waals surface area contributed by atoms with Crippen molar-refractivity contribution >= 4 is 0 Å². The van der Waals surface area contributed by atoms with Crippen LogP contribution in [0, 0.1) is 0 Å². The van der Waals surface area contributed by atoms with Gasteiger partial charge in [0.1, 0.15) is 18.3 Å². The molecule has 1 saturated heterocycles. The first kappa shape index (κ1) is 12.5. The van der Waals surface area contributed by atoms with Crippen LogP contribution in [0.1, 0.15) is 5.56 Å². The lowest BCUT2D eigenvalue weighted by atomic mass is 10.1. The summed E-state index contributed by atoms with van der Waals surface area (Å²) in [6, 6.07) is 9.35. The van der Waals surface area contributed by atoms with Crippen molar-refractivity contribution in [1.29, 1.82) is 0 Å². The third kappa shape index (κ3) is 2.83. The van der Waals surface area contributed by atoms with Gasteiger partial charge in [0.25, 0.3) is 0 Å². The topological polar surface area (TPSA) is 78.8 Å². The predicted molar refractivity (Wildman–Crippen MR) is 57.5 cm³/mol. The number of aliphatic hydroxyl groups is 2. The lowest BCUT2D eigenvalue weighted by Gasteiger charge is -2.17. The molecule has 1 unspecified atom stereocenters. The normalized spacial score (nSPS) is 32.9. The van der Waals surface area contributed by atoms with Crippen molar-refractivity contribution in [3.8, 4) is 0 Å². The monoisotopic (exact) mass is 239 g/mol. The van der Waals surface area contributed by atoms with Gasteiger partial charge in [-0.05, 0) is 5.56 Å².